The zero-order valence-corrected chi connectivity index (χ0v) is 4.67. The molecule has 0 aliphatic rings. The summed E-state index contributed by atoms with van der Waals surface area (Å²) in [6.45, 7) is 2.30. The Morgan fingerprint density at radius 1 is 1.10 bits per heavy atom. The molecule has 0 rings (SSSR count). The molecular formula is C4H4F5N. The minimum absolute atomic E-state index is 1.69. The van der Waals surface area contributed by atoms with E-state index >= 15 is 0 Å². The Labute approximate surface area is 53.3 Å². The highest BCUT2D eigenvalue weighted by Crippen LogP contribution is 2.38. The summed E-state index contributed by atoms with van der Waals surface area (Å²) in [5.74, 6) is -4.98. The molecule has 0 aliphatic carbocycles. The molecule has 60 valence electrons. The zero-order valence-electron chi connectivity index (χ0n) is 4.67. The molecule has 0 radical (unpaired) electrons. The van der Waals surface area contributed by atoms with E-state index in [2.05, 4.69) is 12.3 Å². The van der Waals surface area contributed by atoms with Crippen LogP contribution in [0.1, 0.15) is 0 Å². The fourth-order valence-electron chi connectivity index (χ4n) is 0.182. The van der Waals surface area contributed by atoms with Gasteiger partial charge in [-0.15, -0.1) is 0 Å². The molecule has 0 aromatic heterocycles. The molecule has 10 heavy (non-hydrogen) atoms. The van der Waals surface area contributed by atoms with Gasteiger partial charge in [0.15, 0.2) is 0 Å². The van der Waals surface area contributed by atoms with Crippen molar-refractivity contribution in [1.29, 1.82) is 0 Å². The maximum Gasteiger partial charge on any atom is 0.459 e. The molecule has 1 nitrogen and oxygen atoms in total. The molecule has 0 aromatic carbocycles. The summed E-state index contributed by atoms with van der Waals surface area (Å²) in [7, 11) is 0. The third-order valence-corrected chi connectivity index (χ3v) is 0.759. The van der Waals surface area contributed by atoms with Crippen molar-refractivity contribution in [2.24, 2.45) is 5.73 Å². The molecule has 0 bridgehead atoms. The Bertz CT molecular complexity index is 146. The lowest BCUT2D eigenvalue weighted by Crippen LogP contribution is -2.40. The van der Waals surface area contributed by atoms with Gasteiger partial charge in [0.05, 0.1) is 5.70 Å². The van der Waals surface area contributed by atoms with Crippen LogP contribution in [-0.2, 0) is 0 Å². The van der Waals surface area contributed by atoms with E-state index in [0.29, 0.717) is 0 Å². The Morgan fingerprint density at radius 3 is 1.40 bits per heavy atom. The van der Waals surface area contributed by atoms with Crippen molar-refractivity contribution in [2.45, 2.75) is 12.1 Å². The maximum absolute atomic E-state index is 11.7. The number of hydrogen-bond acceptors (Lipinski definition) is 1. The van der Waals surface area contributed by atoms with E-state index < -0.39 is 17.8 Å². The lowest BCUT2D eigenvalue weighted by atomic mass is 10.3. The van der Waals surface area contributed by atoms with Gasteiger partial charge in [-0.2, -0.15) is 22.0 Å². The first kappa shape index (κ1) is 9.19. The van der Waals surface area contributed by atoms with E-state index in [9.17, 15) is 22.0 Å². The first-order valence-corrected chi connectivity index (χ1v) is 2.09. The van der Waals surface area contributed by atoms with Gasteiger partial charge in [0.1, 0.15) is 0 Å². The van der Waals surface area contributed by atoms with Crippen molar-refractivity contribution in [1.82, 2.24) is 0 Å². The van der Waals surface area contributed by atoms with Crippen LogP contribution in [0.25, 0.3) is 0 Å². The summed E-state index contributed by atoms with van der Waals surface area (Å²) < 4.78 is 57.0. The number of hydrogen-bond donors (Lipinski definition) is 1. The molecule has 0 heterocycles. The van der Waals surface area contributed by atoms with Crippen LogP contribution in [-0.4, -0.2) is 12.1 Å². The smallest absolute Gasteiger partial charge is 0.397 e. The third kappa shape index (κ3) is 1.37. The van der Waals surface area contributed by atoms with Gasteiger partial charge in [-0.3, -0.25) is 0 Å². The van der Waals surface area contributed by atoms with E-state index in [0.717, 1.165) is 0 Å². The molecule has 0 aliphatic heterocycles. The fourth-order valence-corrected chi connectivity index (χ4v) is 0.182. The molecule has 0 saturated heterocycles. The summed E-state index contributed by atoms with van der Waals surface area (Å²) in [4.78, 5) is 0. The first-order chi connectivity index (χ1) is 4.19. The van der Waals surface area contributed by atoms with Gasteiger partial charge >= 0.3 is 12.1 Å². The van der Waals surface area contributed by atoms with Crippen LogP contribution in [0, 0.1) is 0 Å². The molecule has 0 aromatic rings. The van der Waals surface area contributed by atoms with Gasteiger partial charge in [0.25, 0.3) is 0 Å². The zero-order chi connectivity index (χ0) is 8.58. The largest absolute Gasteiger partial charge is 0.459 e. The summed E-state index contributed by atoms with van der Waals surface area (Å²) in [6, 6.07) is 0. The van der Waals surface area contributed by atoms with Crippen molar-refractivity contribution in [3.63, 3.8) is 0 Å². The van der Waals surface area contributed by atoms with Gasteiger partial charge in [-0.25, -0.2) is 0 Å². The van der Waals surface area contributed by atoms with Crippen molar-refractivity contribution in [3.05, 3.63) is 12.3 Å². The van der Waals surface area contributed by atoms with Crippen LogP contribution in [0.3, 0.4) is 0 Å². The highest BCUT2D eigenvalue weighted by molar-refractivity contribution is 5.05. The van der Waals surface area contributed by atoms with E-state index in [4.69, 9.17) is 0 Å². The van der Waals surface area contributed by atoms with E-state index in [1.165, 1.54) is 0 Å². The van der Waals surface area contributed by atoms with Gasteiger partial charge in [-0.05, 0) is 0 Å². The van der Waals surface area contributed by atoms with E-state index in [-0.39, 0.29) is 0 Å². The predicted octanol–water partition coefficient (Wildman–Crippen LogP) is 1.66. The summed E-state index contributed by atoms with van der Waals surface area (Å²) in [6.07, 6.45) is -5.64. The van der Waals surface area contributed by atoms with E-state index in [1.807, 2.05) is 0 Å². The molecular weight excluding hydrogens is 157 g/mol. The fraction of sp³-hybridized carbons (Fsp3) is 0.500. The Kier molecular flexibility index (Phi) is 1.93. The van der Waals surface area contributed by atoms with Crippen LogP contribution in [0.4, 0.5) is 22.0 Å². The quantitative estimate of drug-likeness (QED) is 0.581. The number of alkyl halides is 5. The second-order valence-electron chi connectivity index (χ2n) is 1.60. The molecule has 0 spiro atoms. The van der Waals surface area contributed by atoms with Crippen molar-refractivity contribution >= 4 is 0 Å². The van der Waals surface area contributed by atoms with Gasteiger partial charge in [0, 0.05) is 0 Å². The lowest BCUT2D eigenvalue weighted by molar-refractivity contribution is -0.264. The van der Waals surface area contributed by atoms with Crippen molar-refractivity contribution in [2.75, 3.05) is 0 Å². The number of rotatable bonds is 1. The van der Waals surface area contributed by atoms with Gasteiger partial charge in [-0.1, -0.05) is 6.58 Å². The van der Waals surface area contributed by atoms with Crippen LogP contribution >= 0.6 is 0 Å². The highest BCUT2D eigenvalue weighted by Gasteiger charge is 2.58. The molecule has 0 fully saturated rings. The summed E-state index contributed by atoms with van der Waals surface area (Å²) in [5.41, 5.74) is 2.50. The van der Waals surface area contributed by atoms with Crippen LogP contribution in [0.2, 0.25) is 0 Å². The number of nitrogens with two attached hydrogens (primary N) is 1. The van der Waals surface area contributed by atoms with E-state index in [1.54, 1.807) is 0 Å². The first-order valence-electron chi connectivity index (χ1n) is 2.09. The lowest BCUT2D eigenvalue weighted by Gasteiger charge is -2.18. The summed E-state index contributed by atoms with van der Waals surface area (Å²) >= 11 is 0. The van der Waals surface area contributed by atoms with Crippen LogP contribution in [0.15, 0.2) is 12.3 Å². The molecule has 6 heteroatoms. The molecule has 0 saturated carbocycles. The topological polar surface area (TPSA) is 26.0 Å². The average molecular weight is 161 g/mol. The van der Waals surface area contributed by atoms with Gasteiger partial charge in [0.2, 0.25) is 0 Å². The third-order valence-electron chi connectivity index (χ3n) is 0.759. The normalized spacial score (nSPS) is 13.3. The second-order valence-corrected chi connectivity index (χ2v) is 1.60. The molecule has 2 N–H and O–H groups in total. The van der Waals surface area contributed by atoms with Gasteiger partial charge < -0.3 is 5.73 Å². The Morgan fingerprint density at radius 2 is 1.40 bits per heavy atom. The predicted molar refractivity (Wildman–Crippen MR) is 24.3 cm³/mol. The van der Waals surface area contributed by atoms with Crippen molar-refractivity contribution in [3.8, 4) is 0 Å². The maximum atomic E-state index is 11.7. The SMILES string of the molecule is C=C(N)C(F)(F)C(F)(F)F. The number of halogens is 5. The highest BCUT2D eigenvalue weighted by atomic mass is 19.4. The van der Waals surface area contributed by atoms with Crippen molar-refractivity contribution < 1.29 is 22.0 Å². The Balaban J connectivity index is 4.57. The molecule has 0 unspecified atom stereocenters. The molecule has 0 atom stereocenters. The minimum atomic E-state index is -5.64. The standard InChI is InChI=1S/C4H4F5N/c1-2(10)3(5,6)4(7,8)9/h1,10H2. The summed E-state index contributed by atoms with van der Waals surface area (Å²) in [5, 5.41) is 0. The Hall–Kier alpha value is -0.810. The van der Waals surface area contributed by atoms with Crippen LogP contribution in [0.5, 0.6) is 0 Å². The monoisotopic (exact) mass is 161 g/mol. The molecule has 0 amide bonds. The minimum Gasteiger partial charge on any atom is -0.397 e. The number of allylic oxidation sites excluding steroid dienone is 1. The second kappa shape index (κ2) is 2.10. The average Bonchev–Trinajstić information content (AvgIpc) is 1.62. The van der Waals surface area contributed by atoms with Crippen LogP contribution < -0.4 is 5.73 Å².